The lowest BCUT2D eigenvalue weighted by molar-refractivity contribution is 0.298. The molecule has 0 saturated heterocycles. The maximum atomic E-state index is 6.09. The highest BCUT2D eigenvalue weighted by Crippen LogP contribution is 2.38. The highest BCUT2D eigenvalue weighted by molar-refractivity contribution is 5.83. The van der Waals surface area contributed by atoms with Gasteiger partial charge in [0.05, 0.1) is 26.4 Å². The molecule has 1 aromatic heterocycles. The van der Waals surface area contributed by atoms with Gasteiger partial charge in [0.25, 0.3) is 0 Å². The Morgan fingerprint density at radius 2 is 0.830 bits per heavy atom. The molecule has 1 heterocycles. The molecule has 0 amide bonds. The van der Waals surface area contributed by atoms with E-state index in [9.17, 15) is 0 Å². The normalized spacial score (nSPS) is 10.9. The van der Waals surface area contributed by atoms with Crippen LogP contribution < -0.4 is 41.9 Å². The van der Waals surface area contributed by atoms with Gasteiger partial charge in [-0.1, -0.05) is 19.2 Å². The average Bonchev–Trinajstić information content (AvgIpc) is 3.52. The number of rotatable bonds is 21. The van der Waals surface area contributed by atoms with E-state index in [2.05, 4.69) is 42.4 Å². The lowest BCUT2D eigenvalue weighted by Gasteiger charge is -2.16. The zero-order valence-corrected chi connectivity index (χ0v) is 27.3. The molecule has 4 rings (SSSR count). The van der Waals surface area contributed by atoms with Crippen LogP contribution in [0.25, 0.3) is 45.7 Å². The van der Waals surface area contributed by atoms with Gasteiger partial charge in [-0.15, -0.1) is 0 Å². The number of aromatic nitrogens is 1. The van der Waals surface area contributed by atoms with Crippen molar-refractivity contribution in [2.45, 2.75) is 25.7 Å². The average molecular weight is 640 g/mol. The minimum Gasteiger partial charge on any atom is -0.493 e. The van der Waals surface area contributed by atoms with Crippen LogP contribution in [0.1, 0.15) is 36.9 Å². The Morgan fingerprint density at radius 1 is 0.468 bits per heavy atom. The molecule has 0 aliphatic heterocycles. The molecule has 0 aliphatic carbocycles. The van der Waals surface area contributed by atoms with E-state index in [1.54, 1.807) is 6.08 Å². The van der Waals surface area contributed by atoms with Gasteiger partial charge < -0.3 is 46.9 Å². The molecule has 0 spiro atoms. The van der Waals surface area contributed by atoms with Gasteiger partial charge >= 0.3 is 0 Å². The Hall–Kier alpha value is -4.54. The second-order valence-electron chi connectivity index (χ2n) is 11.1. The van der Waals surface area contributed by atoms with Crippen molar-refractivity contribution in [1.29, 1.82) is 0 Å². The van der Waals surface area contributed by atoms with Crippen molar-refractivity contribution in [3.05, 3.63) is 85.1 Å². The molecule has 0 radical (unpaired) electrons. The predicted molar refractivity (Wildman–Crippen MR) is 194 cm³/mol. The first-order chi connectivity index (χ1) is 23.0. The van der Waals surface area contributed by atoms with E-state index in [1.807, 2.05) is 42.5 Å². The third-order valence-corrected chi connectivity index (χ3v) is 7.44. The Balaban J connectivity index is 1.88. The first-order valence-electron chi connectivity index (χ1n) is 16.3. The maximum absolute atomic E-state index is 6.09. The number of nitrogens with one attached hydrogen (secondary N) is 1. The molecule has 0 bridgehead atoms. The van der Waals surface area contributed by atoms with Crippen LogP contribution in [0.4, 0.5) is 0 Å². The number of benzene rings is 3. The Labute approximate surface area is 278 Å². The standard InChI is InChI=1S/C38H49N5O4/c1-3-27-24-38(43-37(27)4-2)32-18-28(30-20-33(44-13-5-9-39)25-34(21-30)45-14-6-10-40)17-29(19-32)31-22-35(46-15-7-11-41)26-36(23-31)47-16-8-12-42/h3-4,17-26,43H,1-2,5-16,39-42H2. The topological polar surface area (TPSA) is 157 Å². The molecular formula is C38H49N5O4. The highest BCUT2D eigenvalue weighted by atomic mass is 16.5. The summed E-state index contributed by atoms with van der Waals surface area (Å²) in [7, 11) is 0. The minimum absolute atomic E-state index is 0.508. The largest absolute Gasteiger partial charge is 0.493 e. The second kappa shape index (κ2) is 18.6. The van der Waals surface area contributed by atoms with E-state index in [1.165, 1.54) is 0 Å². The third-order valence-electron chi connectivity index (χ3n) is 7.44. The molecule has 0 fully saturated rings. The first-order valence-corrected chi connectivity index (χ1v) is 16.3. The van der Waals surface area contributed by atoms with Gasteiger partial charge in [0.2, 0.25) is 0 Å². The molecular weight excluding hydrogens is 590 g/mol. The summed E-state index contributed by atoms with van der Waals surface area (Å²) >= 11 is 0. The number of hydrogen-bond acceptors (Lipinski definition) is 8. The molecule has 9 heteroatoms. The van der Waals surface area contributed by atoms with Crippen LogP contribution in [-0.2, 0) is 0 Å². The summed E-state index contributed by atoms with van der Waals surface area (Å²) in [4.78, 5) is 3.50. The highest BCUT2D eigenvalue weighted by Gasteiger charge is 2.14. The SMILES string of the molecule is C=Cc1cc(-c2cc(-c3cc(OCCCN)cc(OCCCN)c3)cc(-c3cc(OCCCN)cc(OCCCN)c3)c2)[nH]c1C=C. The van der Waals surface area contributed by atoms with Gasteiger partial charge in [-0.3, -0.25) is 0 Å². The van der Waals surface area contributed by atoms with E-state index in [4.69, 9.17) is 41.9 Å². The lowest BCUT2D eigenvalue weighted by atomic mass is 9.94. The second-order valence-corrected chi connectivity index (χ2v) is 11.1. The zero-order chi connectivity index (χ0) is 33.4. The monoisotopic (exact) mass is 639 g/mol. The van der Waals surface area contributed by atoms with Gasteiger partial charge in [0.1, 0.15) is 23.0 Å². The van der Waals surface area contributed by atoms with Crippen LogP contribution in [0.3, 0.4) is 0 Å². The van der Waals surface area contributed by atoms with Crippen LogP contribution in [0.15, 0.2) is 73.8 Å². The third kappa shape index (κ3) is 10.2. The smallest absolute Gasteiger partial charge is 0.123 e. The number of H-pyrrole nitrogens is 1. The van der Waals surface area contributed by atoms with Crippen molar-refractivity contribution in [3.8, 4) is 56.5 Å². The summed E-state index contributed by atoms with van der Waals surface area (Å²) in [5.41, 5.74) is 30.5. The number of nitrogens with two attached hydrogens (primary N) is 4. The molecule has 250 valence electrons. The van der Waals surface area contributed by atoms with E-state index >= 15 is 0 Å². The van der Waals surface area contributed by atoms with Gasteiger partial charge in [0.15, 0.2) is 0 Å². The number of aromatic amines is 1. The van der Waals surface area contributed by atoms with Crippen molar-refractivity contribution >= 4 is 12.2 Å². The fraction of sp³-hybridized carbons (Fsp3) is 0.316. The van der Waals surface area contributed by atoms with Crippen LogP contribution >= 0.6 is 0 Å². The van der Waals surface area contributed by atoms with Crippen molar-refractivity contribution in [2.75, 3.05) is 52.6 Å². The fourth-order valence-corrected chi connectivity index (χ4v) is 5.00. The molecule has 9 N–H and O–H groups in total. The predicted octanol–water partition coefficient (Wildman–Crippen LogP) is 6.21. The zero-order valence-electron chi connectivity index (χ0n) is 27.3. The van der Waals surface area contributed by atoms with E-state index in [0.29, 0.717) is 75.6 Å². The van der Waals surface area contributed by atoms with Crippen molar-refractivity contribution in [2.24, 2.45) is 22.9 Å². The van der Waals surface area contributed by atoms with E-state index in [0.717, 1.165) is 70.5 Å². The first kappa shape index (κ1) is 35.3. The molecule has 9 nitrogen and oxygen atoms in total. The Morgan fingerprint density at radius 3 is 1.15 bits per heavy atom. The van der Waals surface area contributed by atoms with Crippen LogP contribution in [0.2, 0.25) is 0 Å². The molecule has 0 unspecified atom stereocenters. The Bertz CT molecular complexity index is 1430. The molecule has 0 aliphatic rings. The summed E-state index contributed by atoms with van der Waals surface area (Å²) in [6.45, 7) is 12.2. The van der Waals surface area contributed by atoms with Crippen molar-refractivity contribution in [1.82, 2.24) is 4.98 Å². The summed E-state index contributed by atoms with van der Waals surface area (Å²) < 4.78 is 24.4. The van der Waals surface area contributed by atoms with Gasteiger partial charge in [0, 0.05) is 23.5 Å². The molecule has 0 saturated carbocycles. The van der Waals surface area contributed by atoms with Crippen molar-refractivity contribution in [3.63, 3.8) is 0 Å². The molecule has 4 aromatic rings. The van der Waals surface area contributed by atoms with Crippen LogP contribution in [-0.4, -0.2) is 57.6 Å². The summed E-state index contributed by atoms with van der Waals surface area (Å²) in [5, 5.41) is 0. The summed E-state index contributed by atoms with van der Waals surface area (Å²) in [6.07, 6.45) is 6.61. The molecule has 0 atom stereocenters. The number of hydrogen-bond donors (Lipinski definition) is 5. The summed E-state index contributed by atoms with van der Waals surface area (Å²) in [6, 6.07) is 20.5. The van der Waals surface area contributed by atoms with Crippen LogP contribution in [0, 0.1) is 0 Å². The Kier molecular flexibility index (Phi) is 14.0. The lowest BCUT2D eigenvalue weighted by Crippen LogP contribution is -2.07. The van der Waals surface area contributed by atoms with Gasteiger partial charge in [-0.05, 0) is 140 Å². The van der Waals surface area contributed by atoms with E-state index in [-0.39, 0.29) is 0 Å². The summed E-state index contributed by atoms with van der Waals surface area (Å²) in [5.74, 6) is 2.83. The maximum Gasteiger partial charge on any atom is 0.123 e. The van der Waals surface area contributed by atoms with Gasteiger partial charge in [-0.25, -0.2) is 0 Å². The van der Waals surface area contributed by atoms with E-state index < -0.39 is 0 Å². The molecule has 3 aromatic carbocycles. The van der Waals surface area contributed by atoms with Gasteiger partial charge in [-0.2, -0.15) is 0 Å². The van der Waals surface area contributed by atoms with Crippen molar-refractivity contribution < 1.29 is 18.9 Å². The minimum atomic E-state index is 0.508. The quantitative estimate of drug-likeness (QED) is 0.0674. The van der Waals surface area contributed by atoms with Crippen LogP contribution in [0.5, 0.6) is 23.0 Å². The molecule has 47 heavy (non-hydrogen) atoms. The number of ether oxygens (including phenoxy) is 4. The fourth-order valence-electron chi connectivity index (χ4n) is 5.00.